The van der Waals surface area contributed by atoms with E-state index < -0.39 is 12.3 Å². The number of fused-ring (bicyclic) bond motifs is 1. The molecule has 0 saturated heterocycles. The molecule has 1 atom stereocenters. The molecular weight excluding hydrogens is 222 g/mol. The van der Waals surface area contributed by atoms with E-state index in [2.05, 4.69) is 4.98 Å². The van der Waals surface area contributed by atoms with Gasteiger partial charge < -0.3 is 14.0 Å². The fraction of sp³-hybridized carbons (Fsp3) is 0.455. The highest BCUT2D eigenvalue weighted by Crippen LogP contribution is 2.27. The van der Waals surface area contributed by atoms with Crippen LogP contribution in [0.3, 0.4) is 0 Å². The van der Waals surface area contributed by atoms with Crippen LogP contribution in [0.4, 0.5) is 4.79 Å². The zero-order chi connectivity index (χ0) is 12.4. The average Bonchev–Trinajstić information content (AvgIpc) is 2.70. The minimum Gasteiger partial charge on any atom is -0.449 e. The average molecular weight is 237 g/mol. The molecule has 0 spiro atoms. The summed E-state index contributed by atoms with van der Waals surface area (Å²) < 4.78 is 12.2. The van der Waals surface area contributed by atoms with Crippen LogP contribution in [-0.2, 0) is 9.47 Å². The highest BCUT2D eigenvalue weighted by atomic mass is 16.6. The van der Waals surface area contributed by atoms with Crippen LogP contribution in [0, 0.1) is 6.92 Å². The maximum Gasteiger partial charge on any atom is 0.416 e. The van der Waals surface area contributed by atoms with E-state index >= 15 is 0 Å². The number of aromatic nitrogens is 2. The maximum atomic E-state index is 11.7. The Kier molecular flexibility index (Phi) is 3.14. The van der Waals surface area contributed by atoms with E-state index in [4.69, 9.17) is 9.47 Å². The number of carbonyl (C=O) groups excluding carboxylic acids is 1. The lowest BCUT2D eigenvalue weighted by Crippen LogP contribution is -2.35. The summed E-state index contributed by atoms with van der Waals surface area (Å²) in [6, 6.07) is 0. The number of methoxy groups -OCH3 is 1. The minimum absolute atomic E-state index is 0.331. The van der Waals surface area contributed by atoms with Gasteiger partial charge in [-0.1, -0.05) is 0 Å². The SMILES string of the molecule is CCOC(=O)N1C=Cn2c(cnc2C)C1OC. The summed E-state index contributed by atoms with van der Waals surface area (Å²) in [7, 11) is 1.54. The standard InChI is InChI=1S/C11H15N3O3/c1-4-17-11(15)14-6-5-13-8(2)12-7-9(13)10(14)16-3/h5-7,10H,4H2,1-3H3. The van der Waals surface area contributed by atoms with Crippen LogP contribution < -0.4 is 0 Å². The molecule has 1 aliphatic rings. The van der Waals surface area contributed by atoms with Gasteiger partial charge in [0.15, 0.2) is 6.23 Å². The summed E-state index contributed by atoms with van der Waals surface area (Å²) in [6.45, 7) is 3.99. The van der Waals surface area contributed by atoms with Crippen molar-refractivity contribution in [3.63, 3.8) is 0 Å². The molecule has 92 valence electrons. The molecule has 1 amide bonds. The summed E-state index contributed by atoms with van der Waals surface area (Å²) in [6.07, 6.45) is 4.16. The summed E-state index contributed by atoms with van der Waals surface area (Å²) in [5, 5.41) is 0. The van der Waals surface area contributed by atoms with Crippen LogP contribution in [0.5, 0.6) is 0 Å². The van der Waals surface area contributed by atoms with Crippen molar-refractivity contribution >= 4 is 12.3 Å². The first kappa shape index (κ1) is 11.7. The molecule has 6 nitrogen and oxygen atoms in total. The Morgan fingerprint density at radius 3 is 2.94 bits per heavy atom. The Morgan fingerprint density at radius 1 is 1.53 bits per heavy atom. The quantitative estimate of drug-likeness (QED) is 0.786. The second-order valence-corrected chi connectivity index (χ2v) is 3.59. The molecule has 0 aliphatic carbocycles. The molecule has 2 heterocycles. The first-order chi connectivity index (χ1) is 8.19. The van der Waals surface area contributed by atoms with Crippen LogP contribution >= 0.6 is 0 Å². The van der Waals surface area contributed by atoms with E-state index in [-0.39, 0.29) is 0 Å². The Bertz CT molecular complexity index is 453. The molecular formula is C11H15N3O3. The van der Waals surface area contributed by atoms with Crippen LogP contribution in [0.25, 0.3) is 6.20 Å². The van der Waals surface area contributed by atoms with Crippen LogP contribution in [0.15, 0.2) is 12.4 Å². The third-order valence-electron chi connectivity index (χ3n) is 2.59. The van der Waals surface area contributed by atoms with Gasteiger partial charge in [0.05, 0.1) is 18.5 Å². The Morgan fingerprint density at radius 2 is 2.29 bits per heavy atom. The van der Waals surface area contributed by atoms with Crippen molar-refractivity contribution in [2.75, 3.05) is 13.7 Å². The highest BCUT2D eigenvalue weighted by Gasteiger charge is 2.30. The third-order valence-corrected chi connectivity index (χ3v) is 2.59. The van der Waals surface area contributed by atoms with Crippen molar-refractivity contribution < 1.29 is 14.3 Å². The lowest BCUT2D eigenvalue weighted by atomic mass is 10.3. The van der Waals surface area contributed by atoms with Gasteiger partial charge in [-0.25, -0.2) is 9.78 Å². The van der Waals surface area contributed by atoms with Crippen molar-refractivity contribution in [2.24, 2.45) is 0 Å². The monoisotopic (exact) mass is 237 g/mol. The third kappa shape index (κ3) is 1.91. The summed E-state index contributed by atoms with van der Waals surface area (Å²) >= 11 is 0. The first-order valence-electron chi connectivity index (χ1n) is 5.39. The number of nitrogens with zero attached hydrogens (tertiary/aromatic N) is 3. The first-order valence-corrected chi connectivity index (χ1v) is 5.39. The van der Waals surface area contributed by atoms with E-state index in [1.54, 1.807) is 32.6 Å². The van der Waals surface area contributed by atoms with Crippen molar-refractivity contribution in [1.29, 1.82) is 0 Å². The normalized spacial score (nSPS) is 18.1. The van der Waals surface area contributed by atoms with Crippen LogP contribution in [0.2, 0.25) is 0 Å². The van der Waals surface area contributed by atoms with Crippen LogP contribution in [-0.4, -0.2) is 34.3 Å². The number of rotatable bonds is 2. The molecule has 1 unspecified atom stereocenters. The summed E-state index contributed by atoms with van der Waals surface area (Å²) in [4.78, 5) is 17.3. The molecule has 0 radical (unpaired) electrons. The van der Waals surface area contributed by atoms with Crippen LogP contribution in [0.1, 0.15) is 24.7 Å². The van der Waals surface area contributed by atoms with Crippen molar-refractivity contribution in [3.8, 4) is 0 Å². The Balaban J connectivity index is 2.32. The number of carbonyl (C=O) groups is 1. The molecule has 0 aromatic carbocycles. The number of hydrogen-bond acceptors (Lipinski definition) is 4. The summed E-state index contributed by atoms with van der Waals surface area (Å²) in [5.41, 5.74) is 0.806. The molecule has 1 aromatic rings. The van der Waals surface area contributed by atoms with Crippen molar-refractivity contribution in [1.82, 2.24) is 14.5 Å². The number of amides is 1. The zero-order valence-corrected chi connectivity index (χ0v) is 10.1. The molecule has 17 heavy (non-hydrogen) atoms. The molecule has 0 fully saturated rings. The van der Waals surface area contributed by atoms with Gasteiger partial charge in [-0.05, 0) is 13.8 Å². The summed E-state index contributed by atoms with van der Waals surface area (Å²) in [5.74, 6) is 0.849. The van der Waals surface area contributed by atoms with Crippen molar-refractivity contribution in [2.45, 2.75) is 20.1 Å². The smallest absolute Gasteiger partial charge is 0.416 e. The van der Waals surface area contributed by atoms with E-state index in [0.29, 0.717) is 6.61 Å². The van der Waals surface area contributed by atoms with Gasteiger partial charge in [0.2, 0.25) is 0 Å². The van der Waals surface area contributed by atoms with Gasteiger partial charge in [0.1, 0.15) is 5.82 Å². The van der Waals surface area contributed by atoms with E-state index in [1.807, 2.05) is 11.5 Å². The van der Waals surface area contributed by atoms with E-state index in [1.165, 1.54) is 4.90 Å². The predicted molar refractivity (Wildman–Crippen MR) is 60.9 cm³/mol. The highest BCUT2D eigenvalue weighted by molar-refractivity contribution is 5.70. The molecule has 2 rings (SSSR count). The van der Waals surface area contributed by atoms with Gasteiger partial charge >= 0.3 is 6.09 Å². The minimum atomic E-state index is -0.500. The molecule has 1 aliphatic heterocycles. The molecule has 0 N–H and O–H groups in total. The van der Waals surface area contributed by atoms with Gasteiger partial charge in [0.25, 0.3) is 0 Å². The van der Waals surface area contributed by atoms with Gasteiger partial charge in [-0.2, -0.15) is 0 Å². The lowest BCUT2D eigenvalue weighted by molar-refractivity contribution is -0.0133. The molecule has 0 bridgehead atoms. The zero-order valence-electron chi connectivity index (χ0n) is 10.1. The fourth-order valence-corrected chi connectivity index (χ4v) is 1.80. The lowest BCUT2D eigenvalue weighted by Gasteiger charge is -2.30. The Labute approximate surface area is 99.4 Å². The molecule has 6 heteroatoms. The number of ether oxygens (including phenoxy) is 2. The van der Waals surface area contributed by atoms with E-state index in [9.17, 15) is 4.79 Å². The second-order valence-electron chi connectivity index (χ2n) is 3.59. The Hall–Kier alpha value is -1.82. The van der Waals surface area contributed by atoms with Gasteiger partial charge in [-0.15, -0.1) is 0 Å². The fourth-order valence-electron chi connectivity index (χ4n) is 1.80. The predicted octanol–water partition coefficient (Wildman–Crippen LogP) is 1.74. The van der Waals surface area contributed by atoms with Gasteiger partial charge in [0, 0.05) is 19.5 Å². The topological polar surface area (TPSA) is 56.6 Å². The van der Waals surface area contributed by atoms with Gasteiger partial charge in [-0.3, -0.25) is 4.90 Å². The molecule has 1 aromatic heterocycles. The largest absolute Gasteiger partial charge is 0.449 e. The molecule has 0 saturated carbocycles. The second kappa shape index (κ2) is 4.58. The number of aryl methyl sites for hydroxylation is 1. The van der Waals surface area contributed by atoms with E-state index in [0.717, 1.165) is 11.5 Å². The number of hydrogen-bond donors (Lipinski definition) is 0. The van der Waals surface area contributed by atoms with Crippen molar-refractivity contribution in [3.05, 3.63) is 23.9 Å². The number of imidazole rings is 1. The maximum absolute atomic E-state index is 11.7.